The van der Waals surface area contributed by atoms with E-state index < -0.39 is 5.91 Å². The topological polar surface area (TPSA) is 62.1 Å². The van der Waals surface area contributed by atoms with Crippen LogP contribution in [0.15, 0.2) is 54.1 Å². The second kappa shape index (κ2) is 10.6. The minimum atomic E-state index is -0.449. The molecule has 0 aliphatic rings. The summed E-state index contributed by atoms with van der Waals surface area (Å²) in [5.74, 6) is 0.284. The molecule has 0 spiro atoms. The zero-order chi connectivity index (χ0) is 24.1. The Labute approximate surface area is 204 Å². The highest BCUT2D eigenvalue weighted by Gasteiger charge is 2.13. The van der Waals surface area contributed by atoms with E-state index in [2.05, 4.69) is 5.32 Å². The van der Waals surface area contributed by atoms with Crippen molar-refractivity contribution in [3.8, 4) is 11.8 Å². The highest BCUT2D eigenvalue weighted by Crippen LogP contribution is 2.29. The van der Waals surface area contributed by atoms with Gasteiger partial charge in [-0.1, -0.05) is 35.3 Å². The number of nitrogens with one attached hydrogen (secondary N) is 1. The number of carbonyl (C=O) groups excluding carboxylic acids is 1. The molecule has 3 aromatic carbocycles. The number of halogens is 2. The van der Waals surface area contributed by atoms with Crippen molar-refractivity contribution in [2.45, 2.75) is 34.3 Å². The van der Waals surface area contributed by atoms with E-state index in [9.17, 15) is 10.1 Å². The fourth-order valence-electron chi connectivity index (χ4n) is 3.64. The molecule has 0 fully saturated rings. The lowest BCUT2D eigenvalue weighted by Crippen LogP contribution is -2.13. The number of benzene rings is 3. The van der Waals surface area contributed by atoms with E-state index in [0.29, 0.717) is 22.3 Å². The number of nitriles is 1. The van der Waals surface area contributed by atoms with Crippen molar-refractivity contribution >= 4 is 40.9 Å². The van der Waals surface area contributed by atoms with Crippen molar-refractivity contribution in [3.05, 3.63) is 97.5 Å². The Bertz CT molecular complexity index is 1250. The lowest BCUT2D eigenvalue weighted by molar-refractivity contribution is -0.112. The van der Waals surface area contributed by atoms with Crippen LogP contribution in [0, 0.1) is 39.0 Å². The molecule has 0 radical (unpaired) electrons. The fourth-order valence-corrected chi connectivity index (χ4v) is 4.11. The van der Waals surface area contributed by atoms with Crippen LogP contribution >= 0.6 is 23.2 Å². The van der Waals surface area contributed by atoms with Crippen molar-refractivity contribution in [2.75, 3.05) is 5.32 Å². The second-order valence-electron chi connectivity index (χ2n) is 8.01. The van der Waals surface area contributed by atoms with E-state index in [1.54, 1.807) is 18.2 Å². The van der Waals surface area contributed by atoms with Gasteiger partial charge >= 0.3 is 0 Å². The van der Waals surface area contributed by atoms with Crippen molar-refractivity contribution in [1.29, 1.82) is 5.26 Å². The van der Waals surface area contributed by atoms with Gasteiger partial charge in [0.1, 0.15) is 24.0 Å². The number of hydrogen-bond donors (Lipinski definition) is 1. The second-order valence-corrected chi connectivity index (χ2v) is 8.85. The molecule has 0 heterocycles. The van der Waals surface area contributed by atoms with Crippen LogP contribution in [0.4, 0.5) is 5.69 Å². The first kappa shape index (κ1) is 24.4. The molecule has 0 atom stereocenters. The molecule has 0 saturated carbocycles. The molecule has 6 heteroatoms. The number of anilines is 1. The zero-order valence-electron chi connectivity index (χ0n) is 18.9. The maximum Gasteiger partial charge on any atom is 0.266 e. The third kappa shape index (κ3) is 6.38. The summed E-state index contributed by atoms with van der Waals surface area (Å²) < 4.78 is 6.02. The largest absolute Gasteiger partial charge is 0.488 e. The first-order valence-electron chi connectivity index (χ1n) is 10.4. The smallest absolute Gasteiger partial charge is 0.266 e. The van der Waals surface area contributed by atoms with Gasteiger partial charge in [-0.15, -0.1) is 0 Å². The molecule has 4 nitrogen and oxygen atoms in total. The molecule has 0 aliphatic carbocycles. The highest BCUT2D eigenvalue weighted by molar-refractivity contribution is 6.35. The molecule has 0 unspecified atom stereocenters. The minimum absolute atomic E-state index is 0.0228. The molecular formula is C27H24Cl2N2O2. The summed E-state index contributed by atoms with van der Waals surface area (Å²) >= 11 is 12.2. The van der Waals surface area contributed by atoms with Gasteiger partial charge in [-0.05, 0) is 98.0 Å². The van der Waals surface area contributed by atoms with E-state index in [4.69, 9.17) is 27.9 Å². The predicted molar refractivity (Wildman–Crippen MR) is 135 cm³/mol. The molecule has 168 valence electrons. The van der Waals surface area contributed by atoms with Gasteiger partial charge in [0.2, 0.25) is 0 Å². The molecule has 33 heavy (non-hydrogen) atoms. The zero-order valence-corrected chi connectivity index (χ0v) is 20.4. The number of ether oxygens (including phenoxy) is 1. The van der Waals surface area contributed by atoms with E-state index in [0.717, 1.165) is 39.1 Å². The maximum absolute atomic E-state index is 12.7. The highest BCUT2D eigenvalue weighted by atomic mass is 35.5. The van der Waals surface area contributed by atoms with Gasteiger partial charge in [-0.25, -0.2) is 0 Å². The molecule has 3 rings (SSSR count). The summed E-state index contributed by atoms with van der Waals surface area (Å²) in [4.78, 5) is 12.7. The van der Waals surface area contributed by atoms with Crippen molar-refractivity contribution in [3.63, 3.8) is 0 Å². The summed E-state index contributed by atoms with van der Waals surface area (Å²) in [6.45, 7) is 8.06. The van der Waals surface area contributed by atoms with Crippen LogP contribution in [0.3, 0.4) is 0 Å². The van der Waals surface area contributed by atoms with Crippen LogP contribution in [-0.2, 0) is 11.4 Å². The number of amides is 1. The lowest BCUT2D eigenvalue weighted by Gasteiger charge is -2.14. The SMILES string of the molecule is Cc1cc(C)cc(NC(=O)/C(C#N)=C/c2cc(C)c(OCc3ccc(Cl)cc3Cl)c(C)c2)c1. The molecule has 0 aliphatic heterocycles. The fraction of sp³-hybridized carbons (Fsp3) is 0.185. The van der Waals surface area contributed by atoms with Crippen LogP contribution < -0.4 is 10.1 Å². The van der Waals surface area contributed by atoms with Crippen molar-refractivity contribution in [2.24, 2.45) is 0 Å². The average Bonchev–Trinajstić information content (AvgIpc) is 2.71. The van der Waals surface area contributed by atoms with E-state index >= 15 is 0 Å². The van der Waals surface area contributed by atoms with Gasteiger partial charge in [-0.2, -0.15) is 5.26 Å². The summed E-state index contributed by atoms with van der Waals surface area (Å²) in [5, 5.41) is 13.5. The molecule has 3 aromatic rings. The van der Waals surface area contributed by atoms with Gasteiger partial charge in [0.15, 0.2) is 0 Å². The van der Waals surface area contributed by atoms with Crippen LogP contribution in [-0.4, -0.2) is 5.91 Å². The summed E-state index contributed by atoms with van der Waals surface area (Å²) in [7, 11) is 0. The summed E-state index contributed by atoms with van der Waals surface area (Å²) in [6.07, 6.45) is 1.58. The molecule has 1 amide bonds. The van der Waals surface area contributed by atoms with E-state index in [1.807, 2.05) is 70.2 Å². The van der Waals surface area contributed by atoms with Crippen molar-refractivity contribution < 1.29 is 9.53 Å². The number of hydrogen-bond acceptors (Lipinski definition) is 3. The third-order valence-corrected chi connectivity index (χ3v) is 5.61. The number of carbonyl (C=O) groups is 1. The standard InChI is InChI=1S/C27H24Cl2N2O2/c1-16-7-17(2)9-24(8-16)31-27(32)22(14-30)12-20-10-18(3)26(19(4)11-20)33-15-21-5-6-23(28)13-25(21)29/h5-13H,15H2,1-4H3,(H,31,32)/b22-12+. The Morgan fingerprint density at radius 3 is 2.21 bits per heavy atom. The third-order valence-electron chi connectivity index (χ3n) is 5.03. The van der Waals surface area contributed by atoms with E-state index in [-0.39, 0.29) is 5.57 Å². The Morgan fingerprint density at radius 1 is 1.00 bits per heavy atom. The predicted octanol–water partition coefficient (Wildman–Crippen LogP) is 7.35. The Hall–Kier alpha value is -3.26. The van der Waals surface area contributed by atoms with Gasteiger partial charge < -0.3 is 10.1 Å². The summed E-state index contributed by atoms with van der Waals surface area (Å²) in [5.41, 5.74) is 6.11. The van der Waals surface area contributed by atoms with Crippen LogP contribution in [0.2, 0.25) is 10.0 Å². The lowest BCUT2D eigenvalue weighted by atomic mass is 10.0. The quantitative estimate of drug-likeness (QED) is 0.297. The number of rotatable bonds is 6. The summed E-state index contributed by atoms with van der Waals surface area (Å²) in [6, 6.07) is 16.8. The Morgan fingerprint density at radius 2 is 1.64 bits per heavy atom. The normalized spacial score (nSPS) is 11.1. The number of aryl methyl sites for hydroxylation is 4. The van der Waals surface area contributed by atoms with Crippen molar-refractivity contribution in [1.82, 2.24) is 0 Å². The monoisotopic (exact) mass is 478 g/mol. The molecule has 0 aromatic heterocycles. The van der Waals surface area contributed by atoms with Gasteiger partial charge in [0.25, 0.3) is 5.91 Å². The Balaban J connectivity index is 1.79. The average molecular weight is 479 g/mol. The van der Waals surface area contributed by atoms with Crippen LogP contribution in [0.5, 0.6) is 5.75 Å². The first-order valence-corrected chi connectivity index (χ1v) is 11.1. The maximum atomic E-state index is 12.7. The van der Waals surface area contributed by atoms with Gasteiger partial charge in [-0.3, -0.25) is 4.79 Å². The van der Waals surface area contributed by atoms with Gasteiger partial charge in [0.05, 0.1) is 0 Å². The minimum Gasteiger partial charge on any atom is -0.488 e. The van der Waals surface area contributed by atoms with Crippen LogP contribution in [0.25, 0.3) is 6.08 Å². The Kier molecular flexibility index (Phi) is 7.81. The van der Waals surface area contributed by atoms with E-state index in [1.165, 1.54) is 0 Å². The van der Waals surface area contributed by atoms with Gasteiger partial charge in [0, 0.05) is 21.3 Å². The molecular weight excluding hydrogens is 455 g/mol. The number of nitrogens with zero attached hydrogens (tertiary/aromatic N) is 1. The molecule has 1 N–H and O–H groups in total. The molecule has 0 bridgehead atoms. The van der Waals surface area contributed by atoms with Crippen LogP contribution in [0.1, 0.15) is 33.4 Å². The first-order chi connectivity index (χ1) is 15.7. The molecule has 0 saturated heterocycles.